The average Bonchev–Trinajstić information content (AvgIpc) is 2.58. The Morgan fingerprint density at radius 1 is 1.00 bits per heavy atom. The molecule has 26 heavy (non-hydrogen) atoms. The lowest BCUT2D eigenvalue weighted by Gasteiger charge is -2.20. The van der Waals surface area contributed by atoms with E-state index in [2.05, 4.69) is 10.3 Å². The van der Waals surface area contributed by atoms with Crippen molar-refractivity contribution in [3.63, 3.8) is 0 Å². The summed E-state index contributed by atoms with van der Waals surface area (Å²) in [5.41, 5.74) is 1.52. The minimum Gasteiger partial charge on any atom is -0.484 e. The normalized spacial score (nSPS) is 11.3. The molecule has 0 atom stereocenters. The summed E-state index contributed by atoms with van der Waals surface area (Å²) in [4.78, 5) is 25.8. The monoisotopic (exact) mass is 350 g/mol. The summed E-state index contributed by atoms with van der Waals surface area (Å²) in [6.45, 7) is 5.76. The van der Waals surface area contributed by atoms with E-state index in [0.29, 0.717) is 5.75 Å². The first-order chi connectivity index (χ1) is 12.3. The molecule has 0 saturated carbocycles. The van der Waals surface area contributed by atoms with Crippen LogP contribution in [0.5, 0.6) is 5.75 Å². The van der Waals surface area contributed by atoms with E-state index in [4.69, 9.17) is 4.74 Å². The third-order valence-electron chi connectivity index (χ3n) is 3.81. The Kier molecular flexibility index (Phi) is 4.80. The lowest BCUT2D eigenvalue weighted by atomic mass is 10.0. The van der Waals surface area contributed by atoms with Crippen LogP contribution in [-0.4, -0.2) is 23.0 Å². The Hall–Kier alpha value is -3.08. The van der Waals surface area contributed by atoms with Crippen LogP contribution >= 0.6 is 0 Å². The predicted octanol–water partition coefficient (Wildman–Crippen LogP) is 3.49. The standard InChI is InChI=1S/C21H22N2O3/c1-21(2,3)23-20(25)13-26-18-8-6-14-4-5-15(10-17(14)11-18)16-7-9-19(24)22-12-16/h4-12H,13H2,1-3H3,(H,22,24)(H,23,25). The molecule has 5 nitrogen and oxygen atoms in total. The molecular formula is C21H22N2O3. The van der Waals surface area contributed by atoms with Crippen molar-refractivity contribution in [1.29, 1.82) is 0 Å². The number of H-pyrrole nitrogens is 1. The van der Waals surface area contributed by atoms with Gasteiger partial charge in [0.25, 0.3) is 5.91 Å². The van der Waals surface area contributed by atoms with E-state index in [1.165, 1.54) is 6.07 Å². The zero-order chi connectivity index (χ0) is 18.7. The van der Waals surface area contributed by atoms with Crippen LogP contribution in [0.3, 0.4) is 0 Å². The second-order valence-electron chi connectivity index (χ2n) is 7.25. The van der Waals surface area contributed by atoms with Crippen LogP contribution in [0.15, 0.2) is 59.5 Å². The van der Waals surface area contributed by atoms with Gasteiger partial charge in [-0.2, -0.15) is 0 Å². The fourth-order valence-corrected chi connectivity index (χ4v) is 2.69. The second kappa shape index (κ2) is 7.04. The molecule has 3 rings (SSSR count). The maximum absolute atomic E-state index is 11.9. The van der Waals surface area contributed by atoms with Crippen molar-refractivity contribution in [2.75, 3.05) is 6.61 Å². The van der Waals surface area contributed by atoms with Gasteiger partial charge in [-0.3, -0.25) is 9.59 Å². The van der Waals surface area contributed by atoms with Gasteiger partial charge >= 0.3 is 0 Å². The molecule has 1 aromatic heterocycles. The van der Waals surface area contributed by atoms with Crippen LogP contribution in [0.2, 0.25) is 0 Å². The van der Waals surface area contributed by atoms with Gasteiger partial charge in [0.1, 0.15) is 5.75 Å². The number of hydrogen-bond acceptors (Lipinski definition) is 3. The first-order valence-corrected chi connectivity index (χ1v) is 8.47. The summed E-state index contributed by atoms with van der Waals surface area (Å²) in [5.74, 6) is 0.486. The van der Waals surface area contributed by atoms with Gasteiger partial charge in [-0.05, 0) is 66.9 Å². The molecule has 0 fully saturated rings. The molecule has 0 bridgehead atoms. The number of pyridine rings is 1. The van der Waals surface area contributed by atoms with Crippen LogP contribution in [0, 0.1) is 0 Å². The van der Waals surface area contributed by atoms with Gasteiger partial charge < -0.3 is 15.0 Å². The van der Waals surface area contributed by atoms with Crippen LogP contribution in [0.1, 0.15) is 20.8 Å². The van der Waals surface area contributed by atoms with Crippen molar-refractivity contribution >= 4 is 16.7 Å². The number of aromatic nitrogens is 1. The van der Waals surface area contributed by atoms with Gasteiger partial charge in [-0.25, -0.2) is 0 Å². The number of ether oxygens (including phenoxy) is 1. The minimum absolute atomic E-state index is 0.0254. The van der Waals surface area contributed by atoms with Crippen molar-refractivity contribution in [1.82, 2.24) is 10.3 Å². The van der Waals surface area contributed by atoms with Crippen LogP contribution in [0.25, 0.3) is 21.9 Å². The first kappa shape index (κ1) is 17.7. The molecule has 0 aliphatic rings. The maximum Gasteiger partial charge on any atom is 0.258 e. The van der Waals surface area contributed by atoms with E-state index >= 15 is 0 Å². The summed E-state index contributed by atoms with van der Waals surface area (Å²) in [6.07, 6.45) is 1.70. The number of aromatic amines is 1. The molecule has 0 radical (unpaired) electrons. The Bertz CT molecular complexity index is 980. The number of rotatable bonds is 4. The van der Waals surface area contributed by atoms with Gasteiger partial charge in [-0.1, -0.05) is 18.2 Å². The summed E-state index contributed by atoms with van der Waals surface area (Å²) < 4.78 is 5.62. The van der Waals surface area contributed by atoms with E-state index in [9.17, 15) is 9.59 Å². The third kappa shape index (κ3) is 4.51. The van der Waals surface area contributed by atoms with Crippen LogP contribution in [-0.2, 0) is 4.79 Å². The molecule has 0 spiro atoms. The molecule has 2 N–H and O–H groups in total. The summed E-state index contributed by atoms with van der Waals surface area (Å²) >= 11 is 0. The van der Waals surface area contributed by atoms with E-state index in [-0.39, 0.29) is 23.6 Å². The summed E-state index contributed by atoms with van der Waals surface area (Å²) in [5, 5.41) is 4.94. The van der Waals surface area contributed by atoms with E-state index in [1.807, 2.05) is 57.2 Å². The molecule has 1 heterocycles. The van der Waals surface area contributed by atoms with Crippen LogP contribution < -0.4 is 15.6 Å². The van der Waals surface area contributed by atoms with Gasteiger partial charge in [-0.15, -0.1) is 0 Å². The molecule has 2 aromatic carbocycles. The van der Waals surface area contributed by atoms with Crippen molar-refractivity contribution in [3.8, 4) is 16.9 Å². The summed E-state index contributed by atoms with van der Waals surface area (Å²) in [7, 11) is 0. The fraction of sp³-hybridized carbons (Fsp3) is 0.238. The number of amides is 1. The van der Waals surface area contributed by atoms with Gasteiger partial charge in [0.2, 0.25) is 5.56 Å². The average molecular weight is 350 g/mol. The third-order valence-corrected chi connectivity index (χ3v) is 3.81. The van der Waals surface area contributed by atoms with Gasteiger partial charge in [0.05, 0.1) is 0 Å². The largest absolute Gasteiger partial charge is 0.484 e. The molecule has 5 heteroatoms. The van der Waals surface area contributed by atoms with Crippen LogP contribution in [0.4, 0.5) is 0 Å². The Labute approximate surface area is 152 Å². The first-order valence-electron chi connectivity index (χ1n) is 8.47. The Balaban J connectivity index is 1.80. The van der Waals surface area contributed by atoms with Crippen molar-refractivity contribution in [3.05, 3.63) is 65.1 Å². The molecule has 3 aromatic rings. The lowest BCUT2D eigenvalue weighted by molar-refractivity contribution is -0.124. The SMILES string of the molecule is CC(C)(C)NC(=O)COc1ccc2ccc(-c3ccc(=O)[nH]c3)cc2c1. The Morgan fingerprint density at radius 3 is 2.42 bits per heavy atom. The second-order valence-corrected chi connectivity index (χ2v) is 7.25. The highest BCUT2D eigenvalue weighted by Gasteiger charge is 2.14. The molecule has 0 aliphatic carbocycles. The number of hydrogen-bond donors (Lipinski definition) is 2. The molecule has 1 amide bonds. The number of carbonyl (C=O) groups is 1. The minimum atomic E-state index is -0.282. The number of fused-ring (bicyclic) bond motifs is 1. The number of benzene rings is 2. The molecule has 0 saturated heterocycles. The predicted molar refractivity (Wildman–Crippen MR) is 103 cm³/mol. The number of carbonyl (C=O) groups excluding carboxylic acids is 1. The lowest BCUT2D eigenvalue weighted by Crippen LogP contribution is -2.43. The Morgan fingerprint density at radius 2 is 1.73 bits per heavy atom. The highest BCUT2D eigenvalue weighted by atomic mass is 16.5. The fourth-order valence-electron chi connectivity index (χ4n) is 2.69. The highest BCUT2D eigenvalue weighted by Crippen LogP contribution is 2.26. The van der Waals surface area contributed by atoms with E-state index < -0.39 is 0 Å². The molecule has 134 valence electrons. The zero-order valence-corrected chi connectivity index (χ0v) is 15.1. The van der Waals surface area contributed by atoms with Gasteiger partial charge in [0.15, 0.2) is 6.61 Å². The molecule has 0 unspecified atom stereocenters. The summed E-state index contributed by atoms with van der Waals surface area (Å²) in [6, 6.07) is 15.1. The van der Waals surface area contributed by atoms with E-state index in [1.54, 1.807) is 12.3 Å². The van der Waals surface area contributed by atoms with Crippen molar-refractivity contribution in [2.45, 2.75) is 26.3 Å². The highest BCUT2D eigenvalue weighted by molar-refractivity contribution is 5.88. The zero-order valence-electron chi connectivity index (χ0n) is 15.1. The van der Waals surface area contributed by atoms with E-state index in [0.717, 1.165) is 21.9 Å². The topological polar surface area (TPSA) is 71.2 Å². The number of nitrogens with one attached hydrogen (secondary N) is 2. The van der Waals surface area contributed by atoms with Crippen molar-refractivity contribution < 1.29 is 9.53 Å². The quantitative estimate of drug-likeness (QED) is 0.757. The molecular weight excluding hydrogens is 328 g/mol. The maximum atomic E-state index is 11.9. The smallest absolute Gasteiger partial charge is 0.258 e. The molecule has 0 aliphatic heterocycles. The van der Waals surface area contributed by atoms with Gasteiger partial charge in [0, 0.05) is 17.8 Å². The van der Waals surface area contributed by atoms with Crippen molar-refractivity contribution in [2.24, 2.45) is 0 Å².